The zero-order chi connectivity index (χ0) is 21.2. The molecule has 0 bridgehead atoms. The molecule has 1 aromatic heterocycles. The van der Waals surface area contributed by atoms with Crippen molar-refractivity contribution in [3.05, 3.63) is 83.4 Å². The number of hydrogen-bond donors (Lipinski definition) is 2. The summed E-state index contributed by atoms with van der Waals surface area (Å²) in [5.41, 5.74) is 3.67. The molecule has 6 nitrogen and oxygen atoms in total. The summed E-state index contributed by atoms with van der Waals surface area (Å²) in [6.45, 7) is 7.05. The Balaban J connectivity index is 0.00000341. The number of aryl methyl sites for hydroxylation is 1. The van der Waals surface area contributed by atoms with Crippen molar-refractivity contribution in [3.8, 4) is 5.75 Å². The number of halogens is 1. The van der Waals surface area contributed by atoms with E-state index < -0.39 is 0 Å². The van der Waals surface area contributed by atoms with E-state index in [1.54, 1.807) is 7.11 Å². The maximum absolute atomic E-state index is 5.48. The lowest BCUT2D eigenvalue weighted by Gasteiger charge is -2.13. The van der Waals surface area contributed by atoms with Gasteiger partial charge in [-0.1, -0.05) is 48.0 Å². The highest BCUT2D eigenvalue weighted by molar-refractivity contribution is 14.0. The number of benzene rings is 2. The predicted molar refractivity (Wildman–Crippen MR) is 137 cm³/mol. The number of rotatable bonds is 9. The Labute approximate surface area is 202 Å². The molecule has 0 aliphatic rings. The van der Waals surface area contributed by atoms with Gasteiger partial charge in [0.05, 0.1) is 7.11 Å². The van der Waals surface area contributed by atoms with E-state index in [9.17, 15) is 0 Å². The van der Waals surface area contributed by atoms with Gasteiger partial charge in [0.1, 0.15) is 18.1 Å². The molecule has 7 heteroatoms. The van der Waals surface area contributed by atoms with Crippen LogP contribution in [0.3, 0.4) is 0 Å². The van der Waals surface area contributed by atoms with Crippen LogP contribution in [-0.2, 0) is 19.5 Å². The summed E-state index contributed by atoms with van der Waals surface area (Å²) in [6, 6.07) is 16.7. The van der Waals surface area contributed by atoms with Crippen molar-refractivity contribution in [2.75, 3.05) is 20.2 Å². The summed E-state index contributed by atoms with van der Waals surface area (Å²) in [5, 5.41) is 6.73. The molecule has 31 heavy (non-hydrogen) atoms. The molecule has 0 saturated heterocycles. The molecule has 0 spiro atoms. The van der Waals surface area contributed by atoms with Crippen molar-refractivity contribution in [3.63, 3.8) is 0 Å². The zero-order valence-electron chi connectivity index (χ0n) is 18.5. The van der Waals surface area contributed by atoms with Gasteiger partial charge in [-0.25, -0.2) is 9.98 Å². The van der Waals surface area contributed by atoms with Crippen LogP contribution in [0.5, 0.6) is 5.75 Å². The number of hydrogen-bond acceptors (Lipinski definition) is 3. The molecule has 0 fully saturated rings. The highest BCUT2D eigenvalue weighted by Crippen LogP contribution is 2.19. The summed E-state index contributed by atoms with van der Waals surface area (Å²) in [6.07, 6.45) is 4.69. The smallest absolute Gasteiger partial charge is 0.191 e. The van der Waals surface area contributed by atoms with Gasteiger partial charge in [0, 0.05) is 32.0 Å². The van der Waals surface area contributed by atoms with Crippen LogP contribution in [-0.4, -0.2) is 35.7 Å². The summed E-state index contributed by atoms with van der Waals surface area (Å²) in [5.74, 6) is 2.65. The Morgan fingerprint density at radius 3 is 2.68 bits per heavy atom. The molecular weight excluding hydrogens is 501 g/mol. The minimum atomic E-state index is 0. The molecule has 0 amide bonds. The Bertz CT molecular complexity index is 956. The molecule has 3 rings (SSSR count). The predicted octanol–water partition coefficient (Wildman–Crippen LogP) is 4.16. The molecule has 0 saturated carbocycles. The Hall–Kier alpha value is -2.55. The first kappa shape index (κ1) is 24.7. The van der Waals surface area contributed by atoms with Crippen LogP contribution in [0.1, 0.15) is 29.4 Å². The van der Waals surface area contributed by atoms with Crippen molar-refractivity contribution >= 4 is 29.9 Å². The van der Waals surface area contributed by atoms with Crippen molar-refractivity contribution in [1.82, 2.24) is 20.2 Å². The van der Waals surface area contributed by atoms with Crippen LogP contribution in [0.2, 0.25) is 0 Å². The van der Waals surface area contributed by atoms with Crippen molar-refractivity contribution in [2.24, 2.45) is 4.99 Å². The molecule has 0 unspecified atom stereocenters. The number of aliphatic imine (C=N–C) groups is 1. The van der Waals surface area contributed by atoms with Gasteiger partial charge in [0.2, 0.25) is 0 Å². The van der Waals surface area contributed by atoms with Crippen molar-refractivity contribution < 1.29 is 4.74 Å². The van der Waals surface area contributed by atoms with E-state index in [0.717, 1.165) is 43.6 Å². The number of ether oxygens (including phenoxy) is 1. The summed E-state index contributed by atoms with van der Waals surface area (Å²) >= 11 is 0. The van der Waals surface area contributed by atoms with Gasteiger partial charge in [-0.3, -0.25) is 0 Å². The molecule has 166 valence electrons. The molecular formula is C24H32IN5O. The quantitative estimate of drug-likeness (QED) is 0.246. The van der Waals surface area contributed by atoms with Crippen LogP contribution < -0.4 is 15.4 Å². The Morgan fingerprint density at radius 1 is 1.13 bits per heavy atom. The van der Waals surface area contributed by atoms with Crippen molar-refractivity contribution in [2.45, 2.75) is 33.4 Å². The van der Waals surface area contributed by atoms with E-state index >= 15 is 0 Å². The minimum Gasteiger partial charge on any atom is -0.496 e. The third-order valence-corrected chi connectivity index (χ3v) is 4.84. The van der Waals surface area contributed by atoms with Gasteiger partial charge in [0.25, 0.3) is 0 Å². The third-order valence-electron chi connectivity index (χ3n) is 4.84. The van der Waals surface area contributed by atoms with Gasteiger partial charge in [-0.05, 0) is 37.5 Å². The van der Waals surface area contributed by atoms with Crippen LogP contribution >= 0.6 is 24.0 Å². The topological polar surface area (TPSA) is 63.5 Å². The lowest BCUT2D eigenvalue weighted by molar-refractivity contribution is 0.409. The van der Waals surface area contributed by atoms with Crippen LogP contribution in [0.25, 0.3) is 0 Å². The molecule has 2 N–H and O–H groups in total. The summed E-state index contributed by atoms with van der Waals surface area (Å²) < 4.78 is 7.62. The molecule has 0 aliphatic carbocycles. The molecule has 0 atom stereocenters. The molecule has 1 heterocycles. The van der Waals surface area contributed by atoms with E-state index in [1.807, 2.05) is 24.5 Å². The van der Waals surface area contributed by atoms with E-state index in [-0.39, 0.29) is 24.0 Å². The maximum Gasteiger partial charge on any atom is 0.191 e. The maximum atomic E-state index is 5.48. The third kappa shape index (κ3) is 7.57. The van der Waals surface area contributed by atoms with E-state index in [0.29, 0.717) is 6.54 Å². The second-order valence-corrected chi connectivity index (χ2v) is 7.14. The van der Waals surface area contributed by atoms with Gasteiger partial charge in [-0.2, -0.15) is 0 Å². The van der Waals surface area contributed by atoms with E-state index in [4.69, 9.17) is 9.73 Å². The van der Waals surface area contributed by atoms with Crippen LogP contribution in [0, 0.1) is 6.92 Å². The lowest BCUT2D eigenvalue weighted by atomic mass is 10.1. The molecule has 0 radical (unpaired) electrons. The Kier molecular flexibility index (Phi) is 10.4. The highest BCUT2D eigenvalue weighted by Gasteiger charge is 2.06. The number of nitrogens with one attached hydrogen (secondary N) is 2. The average molecular weight is 533 g/mol. The first-order valence-electron chi connectivity index (χ1n) is 10.4. The largest absolute Gasteiger partial charge is 0.496 e. The SMILES string of the molecule is CCNC(=NCc1nccn1Cc1ccccc1)NCCc1cc(C)ccc1OC.I. The number of imidazole rings is 1. The van der Waals surface area contributed by atoms with Gasteiger partial charge in [-0.15, -0.1) is 24.0 Å². The summed E-state index contributed by atoms with van der Waals surface area (Å²) in [4.78, 5) is 9.22. The van der Waals surface area contributed by atoms with Crippen LogP contribution in [0.15, 0.2) is 65.9 Å². The summed E-state index contributed by atoms with van der Waals surface area (Å²) in [7, 11) is 1.71. The van der Waals surface area contributed by atoms with Gasteiger partial charge >= 0.3 is 0 Å². The second-order valence-electron chi connectivity index (χ2n) is 7.14. The minimum absolute atomic E-state index is 0. The lowest BCUT2D eigenvalue weighted by Crippen LogP contribution is -2.38. The standard InChI is InChI=1S/C24H31N5O.HI/c1-4-25-24(27-13-12-21-16-19(2)10-11-22(21)30-3)28-17-23-26-14-15-29(23)18-20-8-6-5-7-9-20;/h5-11,14-16H,4,12-13,17-18H2,1-3H3,(H2,25,27,28);1H. The monoisotopic (exact) mass is 533 g/mol. The molecule has 0 aliphatic heterocycles. The van der Waals surface area contributed by atoms with Gasteiger partial charge < -0.3 is 19.9 Å². The number of aromatic nitrogens is 2. The fourth-order valence-electron chi connectivity index (χ4n) is 3.33. The zero-order valence-corrected chi connectivity index (χ0v) is 20.8. The normalized spacial score (nSPS) is 11.0. The first-order chi connectivity index (χ1) is 14.7. The van der Waals surface area contributed by atoms with E-state index in [1.165, 1.54) is 16.7 Å². The average Bonchev–Trinajstić information content (AvgIpc) is 3.20. The first-order valence-corrected chi connectivity index (χ1v) is 10.4. The molecule has 3 aromatic rings. The number of methoxy groups -OCH3 is 1. The number of nitrogens with zero attached hydrogens (tertiary/aromatic N) is 3. The van der Waals surface area contributed by atoms with E-state index in [2.05, 4.69) is 70.4 Å². The highest BCUT2D eigenvalue weighted by atomic mass is 127. The van der Waals surface area contributed by atoms with Gasteiger partial charge in [0.15, 0.2) is 5.96 Å². The second kappa shape index (κ2) is 13.0. The van der Waals surface area contributed by atoms with Crippen molar-refractivity contribution in [1.29, 1.82) is 0 Å². The van der Waals surface area contributed by atoms with Crippen LogP contribution in [0.4, 0.5) is 0 Å². The fraction of sp³-hybridized carbons (Fsp3) is 0.333. The molecule has 2 aromatic carbocycles. The fourth-order valence-corrected chi connectivity index (χ4v) is 3.33. The number of guanidine groups is 1. The Morgan fingerprint density at radius 2 is 1.94 bits per heavy atom.